The second-order valence-electron chi connectivity index (χ2n) is 3.19. The molecule has 3 heteroatoms. The number of pyridine rings is 1. The smallest absolute Gasteiger partial charge is 0.0413 e. The summed E-state index contributed by atoms with van der Waals surface area (Å²) in [6.07, 6.45) is 3.61. The normalized spacial score (nSPS) is 9.93. The van der Waals surface area contributed by atoms with Gasteiger partial charge in [0.2, 0.25) is 0 Å². The maximum Gasteiger partial charge on any atom is 0.0413 e. The summed E-state index contributed by atoms with van der Waals surface area (Å²) in [6, 6.07) is 12.1. The molecular weight excluding hydrogens is 252 g/mol. The summed E-state index contributed by atoms with van der Waals surface area (Å²) in [5.41, 5.74) is 2.33. The topological polar surface area (TPSA) is 24.9 Å². The van der Waals surface area contributed by atoms with Crippen LogP contribution in [0.5, 0.6) is 0 Å². The maximum absolute atomic E-state index is 4.03. The number of benzene rings is 1. The molecule has 0 atom stereocenters. The lowest BCUT2D eigenvalue weighted by molar-refractivity contribution is 1.11. The van der Waals surface area contributed by atoms with Crippen molar-refractivity contribution in [2.75, 3.05) is 5.32 Å². The molecule has 0 aliphatic heterocycles. The van der Waals surface area contributed by atoms with E-state index < -0.39 is 0 Å². The van der Waals surface area contributed by atoms with Gasteiger partial charge in [-0.3, -0.25) is 4.98 Å². The Bertz CT molecular complexity index is 429. The number of para-hydroxylation sites is 1. The summed E-state index contributed by atoms with van der Waals surface area (Å²) < 4.78 is 1.04. The van der Waals surface area contributed by atoms with E-state index in [1.54, 1.807) is 6.20 Å². The van der Waals surface area contributed by atoms with Crippen LogP contribution < -0.4 is 5.32 Å². The first-order valence-electron chi connectivity index (χ1n) is 4.73. The first-order valence-corrected chi connectivity index (χ1v) is 5.53. The molecule has 2 aromatic rings. The largest absolute Gasteiger partial charge is 0.381 e. The molecule has 2 rings (SSSR count). The molecule has 1 N–H and O–H groups in total. The highest BCUT2D eigenvalue weighted by Gasteiger charge is 1.98. The standard InChI is InChI=1S/C12H11BrN2/c13-12-9-14-7-6-10(12)8-15-11-4-2-1-3-5-11/h1-7,9,15H,8H2. The van der Waals surface area contributed by atoms with Crippen molar-refractivity contribution in [3.63, 3.8) is 0 Å². The summed E-state index contributed by atoms with van der Waals surface area (Å²) in [7, 11) is 0. The molecule has 0 fully saturated rings. The van der Waals surface area contributed by atoms with E-state index in [9.17, 15) is 0 Å². The van der Waals surface area contributed by atoms with Crippen LogP contribution in [0.15, 0.2) is 53.3 Å². The molecule has 1 heterocycles. The number of hydrogen-bond acceptors (Lipinski definition) is 2. The molecule has 0 bridgehead atoms. The van der Waals surface area contributed by atoms with Gasteiger partial charge in [0.1, 0.15) is 0 Å². The number of halogens is 1. The van der Waals surface area contributed by atoms with Crippen LogP contribution in [0, 0.1) is 0 Å². The van der Waals surface area contributed by atoms with Crippen molar-refractivity contribution in [2.45, 2.75) is 6.54 Å². The summed E-state index contributed by atoms with van der Waals surface area (Å²) >= 11 is 3.47. The first kappa shape index (κ1) is 10.2. The van der Waals surface area contributed by atoms with Crippen LogP contribution in [-0.4, -0.2) is 4.98 Å². The SMILES string of the molecule is Brc1cnccc1CNc1ccccc1. The number of anilines is 1. The number of hydrogen-bond donors (Lipinski definition) is 1. The monoisotopic (exact) mass is 262 g/mol. The predicted octanol–water partition coefficient (Wildman–Crippen LogP) is 3.46. The van der Waals surface area contributed by atoms with Crippen LogP contribution in [0.4, 0.5) is 5.69 Å². The van der Waals surface area contributed by atoms with E-state index >= 15 is 0 Å². The second-order valence-corrected chi connectivity index (χ2v) is 4.04. The highest BCUT2D eigenvalue weighted by Crippen LogP contribution is 2.16. The van der Waals surface area contributed by atoms with Gasteiger partial charge >= 0.3 is 0 Å². The predicted molar refractivity (Wildman–Crippen MR) is 65.7 cm³/mol. The summed E-state index contributed by atoms with van der Waals surface area (Å²) in [4.78, 5) is 4.03. The average Bonchev–Trinajstić information content (AvgIpc) is 2.29. The third-order valence-corrected chi connectivity index (χ3v) is 2.83. The van der Waals surface area contributed by atoms with E-state index in [-0.39, 0.29) is 0 Å². The van der Waals surface area contributed by atoms with Gasteiger partial charge in [0.05, 0.1) is 0 Å². The summed E-state index contributed by atoms with van der Waals surface area (Å²) in [6.45, 7) is 0.799. The van der Waals surface area contributed by atoms with Gasteiger partial charge in [-0.2, -0.15) is 0 Å². The van der Waals surface area contributed by atoms with Crippen LogP contribution in [0.2, 0.25) is 0 Å². The molecule has 0 unspecified atom stereocenters. The van der Waals surface area contributed by atoms with Gasteiger partial charge in [0.15, 0.2) is 0 Å². The average molecular weight is 263 g/mol. The van der Waals surface area contributed by atoms with Gasteiger partial charge in [-0.1, -0.05) is 18.2 Å². The van der Waals surface area contributed by atoms with Gasteiger partial charge in [0.25, 0.3) is 0 Å². The van der Waals surface area contributed by atoms with Crippen LogP contribution in [-0.2, 0) is 6.54 Å². The molecule has 0 aliphatic carbocycles. The van der Waals surface area contributed by atoms with Gasteiger partial charge in [0, 0.05) is 29.1 Å². The third kappa shape index (κ3) is 2.80. The van der Waals surface area contributed by atoms with Crippen LogP contribution in [0.1, 0.15) is 5.56 Å². The fraction of sp³-hybridized carbons (Fsp3) is 0.0833. The summed E-state index contributed by atoms with van der Waals surface area (Å²) in [5.74, 6) is 0. The van der Waals surface area contributed by atoms with E-state index in [0.29, 0.717) is 0 Å². The zero-order valence-corrected chi connectivity index (χ0v) is 9.74. The van der Waals surface area contributed by atoms with E-state index in [1.165, 1.54) is 5.56 Å². The zero-order valence-electron chi connectivity index (χ0n) is 8.15. The lowest BCUT2D eigenvalue weighted by Gasteiger charge is -2.07. The van der Waals surface area contributed by atoms with Gasteiger partial charge in [-0.05, 0) is 39.7 Å². The molecule has 0 saturated heterocycles. The lowest BCUT2D eigenvalue weighted by atomic mass is 10.2. The van der Waals surface area contributed by atoms with Crippen LogP contribution in [0.25, 0.3) is 0 Å². The zero-order chi connectivity index (χ0) is 10.5. The molecule has 76 valence electrons. The fourth-order valence-electron chi connectivity index (χ4n) is 1.30. The molecule has 15 heavy (non-hydrogen) atoms. The molecule has 0 aliphatic rings. The summed E-state index contributed by atoms with van der Waals surface area (Å²) in [5, 5.41) is 3.34. The molecule has 0 spiro atoms. The minimum absolute atomic E-state index is 0.799. The highest BCUT2D eigenvalue weighted by molar-refractivity contribution is 9.10. The van der Waals surface area contributed by atoms with Gasteiger partial charge < -0.3 is 5.32 Å². The lowest BCUT2D eigenvalue weighted by Crippen LogP contribution is -1.99. The highest BCUT2D eigenvalue weighted by atomic mass is 79.9. The van der Waals surface area contributed by atoms with Gasteiger partial charge in [-0.25, -0.2) is 0 Å². The Morgan fingerprint density at radius 1 is 1.13 bits per heavy atom. The Morgan fingerprint density at radius 3 is 2.67 bits per heavy atom. The number of nitrogens with one attached hydrogen (secondary N) is 1. The van der Waals surface area contributed by atoms with E-state index in [4.69, 9.17) is 0 Å². The number of aromatic nitrogens is 1. The molecular formula is C12H11BrN2. The number of nitrogens with zero attached hydrogens (tertiary/aromatic N) is 1. The minimum Gasteiger partial charge on any atom is -0.381 e. The second kappa shape index (κ2) is 4.94. The van der Waals surface area contributed by atoms with Crippen LogP contribution in [0.3, 0.4) is 0 Å². The van der Waals surface area contributed by atoms with Crippen molar-refractivity contribution in [1.29, 1.82) is 0 Å². The van der Waals surface area contributed by atoms with Crippen molar-refractivity contribution in [1.82, 2.24) is 4.98 Å². The Labute approximate surface area is 97.5 Å². The maximum atomic E-state index is 4.03. The third-order valence-electron chi connectivity index (χ3n) is 2.11. The molecule has 2 nitrogen and oxygen atoms in total. The molecule has 0 radical (unpaired) electrons. The molecule has 0 amide bonds. The minimum atomic E-state index is 0.799. The van der Waals surface area contributed by atoms with Crippen molar-refractivity contribution < 1.29 is 0 Å². The van der Waals surface area contributed by atoms with Crippen molar-refractivity contribution in [2.24, 2.45) is 0 Å². The number of rotatable bonds is 3. The fourth-order valence-corrected chi connectivity index (χ4v) is 1.69. The first-order chi connectivity index (χ1) is 7.36. The Balaban J connectivity index is 2.03. The van der Waals surface area contributed by atoms with Crippen molar-refractivity contribution in [3.05, 3.63) is 58.8 Å². The van der Waals surface area contributed by atoms with Gasteiger partial charge in [-0.15, -0.1) is 0 Å². The molecule has 1 aromatic heterocycles. The van der Waals surface area contributed by atoms with Crippen LogP contribution >= 0.6 is 15.9 Å². The molecule has 1 aromatic carbocycles. The molecule has 0 saturated carbocycles. The Hall–Kier alpha value is -1.35. The van der Waals surface area contributed by atoms with E-state index in [1.807, 2.05) is 30.5 Å². The van der Waals surface area contributed by atoms with Crippen molar-refractivity contribution >= 4 is 21.6 Å². The van der Waals surface area contributed by atoms with E-state index in [0.717, 1.165) is 16.7 Å². The Kier molecular flexibility index (Phi) is 3.35. The Morgan fingerprint density at radius 2 is 1.93 bits per heavy atom. The van der Waals surface area contributed by atoms with Crippen molar-refractivity contribution in [3.8, 4) is 0 Å². The quantitative estimate of drug-likeness (QED) is 0.917. The van der Waals surface area contributed by atoms with E-state index in [2.05, 4.69) is 38.4 Å².